The van der Waals surface area contributed by atoms with E-state index in [0.29, 0.717) is 12.2 Å². The average molecular weight is 273 g/mol. The topological polar surface area (TPSA) is 59.4 Å². The first-order chi connectivity index (χ1) is 8.58. The molecule has 1 aliphatic heterocycles. The van der Waals surface area contributed by atoms with E-state index in [2.05, 4.69) is 22.4 Å². The van der Waals surface area contributed by atoms with Crippen molar-refractivity contribution in [2.24, 2.45) is 7.05 Å². The standard InChI is InChI=1S/C11H17ClN4O2/c1-15-3-4-18-8(7-15)5-13-9-6-14-16(2)11(17)10(9)12/h6,8,13H,3-5,7H2,1-2H3. The lowest BCUT2D eigenvalue weighted by atomic mass is 10.3. The Bertz CT molecular complexity index is 477. The second-order valence-corrected chi connectivity index (χ2v) is 4.81. The number of ether oxygens (including phenoxy) is 1. The molecule has 1 saturated heterocycles. The first kappa shape index (κ1) is 13.3. The lowest BCUT2D eigenvalue weighted by Crippen LogP contribution is -2.43. The van der Waals surface area contributed by atoms with Crippen LogP contribution in [0.15, 0.2) is 11.0 Å². The van der Waals surface area contributed by atoms with Gasteiger partial charge < -0.3 is 15.0 Å². The molecule has 1 aromatic rings. The summed E-state index contributed by atoms with van der Waals surface area (Å²) >= 11 is 5.96. The highest BCUT2D eigenvalue weighted by atomic mass is 35.5. The molecule has 6 nitrogen and oxygen atoms in total. The number of halogens is 1. The molecule has 100 valence electrons. The fourth-order valence-electron chi connectivity index (χ4n) is 1.85. The Kier molecular flexibility index (Phi) is 4.21. The maximum absolute atomic E-state index is 11.6. The molecular formula is C11H17ClN4O2. The van der Waals surface area contributed by atoms with Gasteiger partial charge in [-0.05, 0) is 7.05 Å². The molecule has 7 heteroatoms. The SMILES string of the molecule is CN1CCOC(CNc2cnn(C)c(=O)c2Cl)C1. The van der Waals surface area contributed by atoms with E-state index < -0.39 is 0 Å². The van der Waals surface area contributed by atoms with E-state index in [0.717, 1.165) is 19.7 Å². The summed E-state index contributed by atoms with van der Waals surface area (Å²) < 4.78 is 6.82. The van der Waals surface area contributed by atoms with Gasteiger partial charge in [0.2, 0.25) is 0 Å². The van der Waals surface area contributed by atoms with Gasteiger partial charge in [-0.1, -0.05) is 11.6 Å². The number of aromatic nitrogens is 2. The van der Waals surface area contributed by atoms with Crippen LogP contribution in [-0.4, -0.2) is 54.1 Å². The van der Waals surface area contributed by atoms with Crippen LogP contribution < -0.4 is 10.9 Å². The van der Waals surface area contributed by atoms with E-state index in [1.807, 2.05) is 0 Å². The molecule has 0 bridgehead atoms. The van der Waals surface area contributed by atoms with E-state index in [-0.39, 0.29) is 16.7 Å². The molecule has 0 amide bonds. The summed E-state index contributed by atoms with van der Waals surface area (Å²) in [7, 11) is 3.62. The number of likely N-dealkylation sites (N-methyl/N-ethyl adjacent to an activating group) is 1. The van der Waals surface area contributed by atoms with Crippen molar-refractivity contribution >= 4 is 17.3 Å². The molecule has 0 aromatic carbocycles. The fourth-order valence-corrected chi connectivity index (χ4v) is 2.09. The van der Waals surface area contributed by atoms with Crippen molar-refractivity contribution in [3.63, 3.8) is 0 Å². The van der Waals surface area contributed by atoms with Gasteiger partial charge in [0.05, 0.1) is 24.6 Å². The molecular weight excluding hydrogens is 256 g/mol. The Hall–Kier alpha value is -1.11. The van der Waals surface area contributed by atoms with Gasteiger partial charge in [0.25, 0.3) is 5.56 Å². The number of hydrogen-bond donors (Lipinski definition) is 1. The first-order valence-corrected chi connectivity index (χ1v) is 6.21. The molecule has 0 aliphatic carbocycles. The zero-order chi connectivity index (χ0) is 13.1. The first-order valence-electron chi connectivity index (χ1n) is 5.83. The fraction of sp³-hybridized carbons (Fsp3) is 0.636. The van der Waals surface area contributed by atoms with Crippen LogP contribution in [0.25, 0.3) is 0 Å². The van der Waals surface area contributed by atoms with Crippen molar-refractivity contribution in [3.05, 3.63) is 21.6 Å². The van der Waals surface area contributed by atoms with Crippen molar-refractivity contribution in [2.45, 2.75) is 6.10 Å². The van der Waals surface area contributed by atoms with E-state index in [1.165, 1.54) is 4.68 Å². The zero-order valence-corrected chi connectivity index (χ0v) is 11.3. The van der Waals surface area contributed by atoms with Gasteiger partial charge in [-0.15, -0.1) is 0 Å². The number of hydrogen-bond acceptors (Lipinski definition) is 5. The van der Waals surface area contributed by atoms with Crippen molar-refractivity contribution in [1.82, 2.24) is 14.7 Å². The van der Waals surface area contributed by atoms with Crippen LogP contribution in [0.5, 0.6) is 0 Å². The minimum atomic E-state index is -0.302. The van der Waals surface area contributed by atoms with Crippen LogP contribution >= 0.6 is 11.6 Å². The van der Waals surface area contributed by atoms with Gasteiger partial charge in [0, 0.05) is 26.7 Å². The van der Waals surface area contributed by atoms with Crippen LogP contribution in [-0.2, 0) is 11.8 Å². The Morgan fingerprint density at radius 1 is 1.61 bits per heavy atom. The molecule has 1 atom stereocenters. The highest BCUT2D eigenvalue weighted by Crippen LogP contribution is 2.15. The third kappa shape index (κ3) is 3.01. The predicted octanol–water partition coefficient (Wildman–Crippen LogP) is 0.176. The van der Waals surface area contributed by atoms with Crippen molar-refractivity contribution in [2.75, 3.05) is 38.6 Å². The largest absolute Gasteiger partial charge is 0.380 e. The number of nitrogens with zero attached hydrogens (tertiary/aromatic N) is 3. The summed E-state index contributed by atoms with van der Waals surface area (Å²) in [4.78, 5) is 13.8. The highest BCUT2D eigenvalue weighted by molar-refractivity contribution is 6.32. The number of rotatable bonds is 3. The highest BCUT2D eigenvalue weighted by Gasteiger charge is 2.18. The third-order valence-electron chi connectivity index (χ3n) is 2.94. The number of nitrogens with one attached hydrogen (secondary N) is 1. The summed E-state index contributed by atoms with van der Waals surface area (Å²) in [6.45, 7) is 3.15. The van der Waals surface area contributed by atoms with Gasteiger partial charge >= 0.3 is 0 Å². The quantitative estimate of drug-likeness (QED) is 0.850. The smallest absolute Gasteiger partial charge is 0.287 e. The Balaban J connectivity index is 1.98. The second kappa shape index (κ2) is 5.69. The molecule has 1 unspecified atom stereocenters. The van der Waals surface area contributed by atoms with E-state index in [9.17, 15) is 4.79 Å². The molecule has 1 aromatic heterocycles. The van der Waals surface area contributed by atoms with Gasteiger partial charge in [-0.2, -0.15) is 5.10 Å². The maximum Gasteiger partial charge on any atom is 0.287 e. The molecule has 1 fully saturated rings. The molecule has 2 rings (SSSR count). The van der Waals surface area contributed by atoms with Crippen molar-refractivity contribution in [1.29, 1.82) is 0 Å². The summed E-state index contributed by atoms with van der Waals surface area (Å²) in [5, 5.41) is 7.20. The number of morpholine rings is 1. The third-order valence-corrected chi connectivity index (χ3v) is 3.31. The molecule has 1 aliphatic rings. The molecule has 1 N–H and O–H groups in total. The molecule has 0 spiro atoms. The van der Waals surface area contributed by atoms with Crippen LogP contribution in [0.1, 0.15) is 0 Å². The van der Waals surface area contributed by atoms with Crippen molar-refractivity contribution in [3.8, 4) is 0 Å². The molecule has 18 heavy (non-hydrogen) atoms. The van der Waals surface area contributed by atoms with Gasteiger partial charge in [-0.3, -0.25) is 4.79 Å². The van der Waals surface area contributed by atoms with E-state index in [1.54, 1.807) is 13.2 Å². The van der Waals surface area contributed by atoms with Crippen LogP contribution in [0, 0.1) is 0 Å². The molecule has 0 radical (unpaired) electrons. The minimum Gasteiger partial charge on any atom is -0.380 e. The lowest BCUT2D eigenvalue weighted by molar-refractivity contribution is -0.0117. The summed E-state index contributed by atoms with van der Waals surface area (Å²) in [6.07, 6.45) is 1.65. The van der Waals surface area contributed by atoms with Gasteiger partial charge in [0.15, 0.2) is 0 Å². The van der Waals surface area contributed by atoms with Crippen molar-refractivity contribution < 1.29 is 4.74 Å². The lowest BCUT2D eigenvalue weighted by Gasteiger charge is -2.30. The van der Waals surface area contributed by atoms with E-state index >= 15 is 0 Å². The van der Waals surface area contributed by atoms with E-state index in [4.69, 9.17) is 16.3 Å². The van der Waals surface area contributed by atoms with Gasteiger partial charge in [-0.25, -0.2) is 4.68 Å². The van der Waals surface area contributed by atoms with Crippen LogP contribution in [0.4, 0.5) is 5.69 Å². The number of aryl methyl sites for hydroxylation is 1. The predicted molar refractivity (Wildman–Crippen MR) is 70.2 cm³/mol. The normalized spacial score (nSPS) is 20.9. The number of anilines is 1. The summed E-state index contributed by atoms with van der Waals surface area (Å²) in [5.41, 5.74) is 0.250. The molecule has 0 saturated carbocycles. The van der Waals surface area contributed by atoms with Crippen LogP contribution in [0.2, 0.25) is 5.02 Å². The monoisotopic (exact) mass is 272 g/mol. The zero-order valence-electron chi connectivity index (χ0n) is 10.5. The Labute approximate surface area is 110 Å². The minimum absolute atomic E-state index is 0.101. The Morgan fingerprint density at radius 3 is 3.11 bits per heavy atom. The maximum atomic E-state index is 11.6. The summed E-state index contributed by atoms with van der Waals surface area (Å²) in [6, 6.07) is 0. The molecule has 2 heterocycles. The average Bonchev–Trinajstić information content (AvgIpc) is 2.35. The Morgan fingerprint density at radius 2 is 2.39 bits per heavy atom. The summed E-state index contributed by atoms with van der Waals surface area (Å²) in [5.74, 6) is 0. The van der Waals surface area contributed by atoms with Crippen LogP contribution in [0.3, 0.4) is 0 Å². The second-order valence-electron chi connectivity index (χ2n) is 4.44. The van der Waals surface area contributed by atoms with Gasteiger partial charge in [0.1, 0.15) is 5.02 Å².